The SMILES string of the molecule is COc1ccc(CN(c2nccs2)S(=O)(=O)c2c(F)cc(O[C@H]3C=C(C)CN(C(=O)OC(C)(C)C)C3)c(Cl)c2F)c(OC)c1. The zero-order valence-corrected chi connectivity index (χ0v) is 27.3. The number of hydrogen-bond acceptors (Lipinski definition) is 9. The van der Waals surface area contributed by atoms with E-state index in [1.165, 1.54) is 30.7 Å². The van der Waals surface area contributed by atoms with Crippen LogP contribution < -0.4 is 18.5 Å². The van der Waals surface area contributed by atoms with Crippen LogP contribution in [0.1, 0.15) is 33.3 Å². The van der Waals surface area contributed by atoms with Crippen LogP contribution in [-0.4, -0.2) is 63.4 Å². The maximum Gasteiger partial charge on any atom is 0.410 e. The summed E-state index contributed by atoms with van der Waals surface area (Å²) in [5.74, 6) is -2.64. The third-order valence-electron chi connectivity index (χ3n) is 6.31. The first-order chi connectivity index (χ1) is 20.6. The predicted molar refractivity (Wildman–Crippen MR) is 162 cm³/mol. The van der Waals surface area contributed by atoms with Crippen LogP contribution in [-0.2, 0) is 21.3 Å². The van der Waals surface area contributed by atoms with E-state index in [-0.39, 0.29) is 24.8 Å². The van der Waals surface area contributed by atoms with Gasteiger partial charge in [0.25, 0.3) is 10.0 Å². The van der Waals surface area contributed by atoms with Gasteiger partial charge in [-0.25, -0.2) is 31.3 Å². The first-order valence-electron chi connectivity index (χ1n) is 13.3. The molecule has 0 saturated heterocycles. The van der Waals surface area contributed by atoms with Gasteiger partial charge in [-0.2, -0.15) is 0 Å². The topological polar surface area (TPSA) is 108 Å². The average molecular weight is 672 g/mol. The Kier molecular flexibility index (Phi) is 9.96. The molecule has 2 heterocycles. The van der Waals surface area contributed by atoms with Crippen molar-refractivity contribution >= 4 is 44.2 Å². The van der Waals surface area contributed by atoms with Gasteiger partial charge in [-0.05, 0) is 45.9 Å². The summed E-state index contributed by atoms with van der Waals surface area (Å²) in [6.07, 6.45) is 1.62. The fourth-order valence-electron chi connectivity index (χ4n) is 4.43. The van der Waals surface area contributed by atoms with Crippen LogP contribution in [0.5, 0.6) is 17.2 Å². The van der Waals surface area contributed by atoms with Crippen LogP contribution >= 0.6 is 22.9 Å². The van der Waals surface area contributed by atoms with Crippen molar-refractivity contribution in [3.63, 3.8) is 0 Å². The molecule has 0 spiro atoms. The summed E-state index contributed by atoms with van der Waals surface area (Å²) in [7, 11) is -2.06. The van der Waals surface area contributed by atoms with Gasteiger partial charge in [-0.3, -0.25) is 0 Å². The number of aromatic nitrogens is 1. The Bertz CT molecular complexity index is 1660. The van der Waals surface area contributed by atoms with Crippen LogP contribution in [0.4, 0.5) is 18.7 Å². The number of rotatable bonds is 9. The Morgan fingerprint density at radius 2 is 1.91 bits per heavy atom. The van der Waals surface area contributed by atoms with Gasteiger partial charge in [-0.15, -0.1) is 11.3 Å². The second-order valence-electron chi connectivity index (χ2n) is 10.8. The fraction of sp³-hybridized carbons (Fsp3) is 0.379. The van der Waals surface area contributed by atoms with E-state index in [0.717, 1.165) is 21.2 Å². The molecule has 1 atom stereocenters. The summed E-state index contributed by atoms with van der Waals surface area (Å²) in [6.45, 7) is 6.86. The van der Waals surface area contributed by atoms with Crippen molar-refractivity contribution in [1.82, 2.24) is 9.88 Å². The van der Waals surface area contributed by atoms with Crippen molar-refractivity contribution in [2.75, 3.05) is 31.6 Å². The van der Waals surface area contributed by atoms with E-state index < -0.39 is 55.1 Å². The lowest BCUT2D eigenvalue weighted by atomic mass is 10.1. The molecule has 0 saturated carbocycles. The molecule has 238 valence electrons. The third kappa shape index (κ3) is 7.36. The highest BCUT2D eigenvalue weighted by atomic mass is 35.5. The van der Waals surface area contributed by atoms with E-state index in [0.29, 0.717) is 23.1 Å². The molecule has 1 aliphatic rings. The molecule has 4 rings (SSSR count). The molecule has 1 aliphatic heterocycles. The second kappa shape index (κ2) is 13.2. The van der Waals surface area contributed by atoms with Gasteiger partial charge in [-0.1, -0.05) is 17.2 Å². The minimum atomic E-state index is -4.92. The number of sulfonamides is 1. The van der Waals surface area contributed by atoms with Crippen LogP contribution in [0.25, 0.3) is 0 Å². The molecule has 2 aromatic carbocycles. The van der Waals surface area contributed by atoms with E-state index in [1.54, 1.807) is 52.0 Å². The minimum Gasteiger partial charge on any atom is -0.497 e. The number of thiazole rings is 1. The van der Waals surface area contributed by atoms with Crippen LogP contribution in [0.2, 0.25) is 5.02 Å². The van der Waals surface area contributed by atoms with Gasteiger partial charge in [0.2, 0.25) is 0 Å². The number of methoxy groups -OCH3 is 2. The van der Waals surface area contributed by atoms with Gasteiger partial charge in [0, 0.05) is 35.8 Å². The summed E-state index contributed by atoms with van der Waals surface area (Å²) in [5, 5.41) is 0.745. The van der Waals surface area contributed by atoms with Crippen LogP contribution in [0.3, 0.4) is 0 Å². The Morgan fingerprint density at radius 3 is 2.52 bits per heavy atom. The Hall–Kier alpha value is -3.62. The molecule has 10 nitrogen and oxygen atoms in total. The molecule has 0 fully saturated rings. The first-order valence-corrected chi connectivity index (χ1v) is 16.0. The van der Waals surface area contributed by atoms with E-state index in [4.69, 9.17) is 30.5 Å². The summed E-state index contributed by atoms with van der Waals surface area (Å²) in [5.41, 5.74) is 0.397. The molecule has 0 aliphatic carbocycles. The maximum atomic E-state index is 15.8. The normalized spacial score (nSPS) is 15.4. The zero-order chi connectivity index (χ0) is 32.4. The average Bonchev–Trinajstić information content (AvgIpc) is 3.47. The number of hydrogen-bond donors (Lipinski definition) is 0. The van der Waals surface area contributed by atoms with E-state index >= 15 is 8.78 Å². The molecule has 0 N–H and O–H groups in total. The number of ether oxygens (including phenoxy) is 4. The summed E-state index contributed by atoms with van der Waals surface area (Å²) in [4.78, 5) is 16.8. The van der Waals surface area contributed by atoms with Gasteiger partial charge in [0.15, 0.2) is 21.7 Å². The molecule has 1 aromatic heterocycles. The minimum absolute atomic E-state index is 0.00733. The Labute approximate surface area is 263 Å². The van der Waals surface area contributed by atoms with E-state index in [2.05, 4.69) is 4.98 Å². The zero-order valence-electron chi connectivity index (χ0n) is 24.9. The Morgan fingerprint density at radius 1 is 1.18 bits per heavy atom. The molecule has 0 radical (unpaired) electrons. The standard InChI is InChI=1S/C29H32ClF2N3O7S2/c1-17-11-20(16-34(14-17)28(36)42-29(2,3)4)41-23-13-21(31)26(25(32)24(23)30)44(37,38)35(27-33-9-10-43-27)15-18-7-8-19(39-5)12-22(18)40-6/h7-13,20H,14-16H2,1-6H3/t20-/m0/s1. The fourth-order valence-corrected chi connectivity index (χ4v) is 7.06. The van der Waals surface area contributed by atoms with Gasteiger partial charge >= 0.3 is 6.09 Å². The second-order valence-corrected chi connectivity index (χ2v) is 13.9. The molecule has 44 heavy (non-hydrogen) atoms. The lowest BCUT2D eigenvalue weighted by Crippen LogP contribution is -2.45. The number of halogens is 3. The monoisotopic (exact) mass is 671 g/mol. The molecule has 3 aromatic rings. The molecule has 0 bridgehead atoms. The summed E-state index contributed by atoms with van der Waals surface area (Å²) >= 11 is 7.23. The number of carbonyl (C=O) groups excluding carboxylic acids is 1. The van der Waals surface area contributed by atoms with Crippen molar-refractivity contribution < 1.29 is 40.9 Å². The van der Waals surface area contributed by atoms with Crippen molar-refractivity contribution in [3.05, 3.63) is 69.7 Å². The predicted octanol–water partition coefficient (Wildman–Crippen LogP) is 6.43. The molecular formula is C29H32ClF2N3O7S2. The third-order valence-corrected chi connectivity index (χ3v) is 9.35. The van der Waals surface area contributed by atoms with Crippen LogP contribution in [0.15, 0.2) is 52.4 Å². The van der Waals surface area contributed by atoms with Crippen molar-refractivity contribution in [2.45, 2.75) is 50.8 Å². The molecule has 0 unspecified atom stereocenters. The molecule has 1 amide bonds. The quantitative estimate of drug-likeness (QED) is 0.189. The molecule has 15 heteroatoms. The lowest BCUT2D eigenvalue weighted by Gasteiger charge is -2.33. The Balaban J connectivity index is 1.68. The smallest absolute Gasteiger partial charge is 0.410 e. The summed E-state index contributed by atoms with van der Waals surface area (Å²) in [6, 6.07) is 5.43. The van der Waals surface area contributed by atoms with Gasteiger partial charge < -0.3 is 23.8 Å². The van der Waals surface area contributed by atoms with E-state index in [9.17, 15) is 13.2 Å². The highest BCUT2D eigenvalue weighted by molar-refractivity contribution is 7.93. The van der Waals surface area contributed by atoms with E-state index in [1.807, 2.05) is 0 Å². The first kappa shape index (κ1) is 33.3. The highest BCUT2D eigenvalue weighted by Crippen LogP contribution is 2.39. The van der Waals surface area contributed by atoms with Crippen LogP contribution in [0, 0.1) is 11.6 Å². The number of amides is 1. The lowest BCUT2D eigenvalue weighted by molar-refractivity contribution is 0.0196. The molecular weight excluding hydrogens is 640 g/mol. The van der Waals surface area contributed by atoms with Crippen molar-refractivity contribution in [3.8, 4) is 17.2 Å². The maximum absolute atomic E-state index is 15.8. The largest absolute Gasteiger partial charge is 0.497 e. The van der Waals surface area contributed by atoms with Crippen molar-refractivity contribution in [1.29, 1.82) is 0 Å². The summed E-state index contributed by atoms with van der Waals surface area (Å²) < 4.78 is 81.9. The number of anilines is 1. The number of benzene rings is 2. The van der Waals surface area contributed by atoms with Gasteiger partial charge in [0.05, 0.1) is 27.3 Å². The number of carbonyl (C=O) groups is 1. The van der Waals surface area contributed by atoms with Gasteiger partial charge in [0.1, 0.15) is 34.0 Å². The number of nitrogens with zero attached hydrogens (tertiary/aromatic N) is 3. The van der Waals surface area contributed by atoms with Crippen molar-refractivity contribution in [2.24, 2.45) is 0 Å². The highest BCUT2D eigenvalue weighted by Gasteiger charge is 2.36.